The van der Waals surface area contributed by atoms with Crippen molar-refractivity contribution in [2.24, 2.45) is 7.05 Å². The molecule has 2 aromatic heterocycles. The van der Waals surface area contributed by atoms with E-state index in [1.807, 2.05) is 12.1 Å². The van der Waals surface area contributed by atoms with Crippen LogP contribution in [0.3, 0.4) is 0 Å². The van der Waals surface area contributed by atoms with Crippen LogP contribution in [0.25, 0.3) is 22.6 Å². The molecule has 0 bridgehead atoms. The average Bonchev–Trinajstić information content (AvgIpc) is 3.26. The summed E-state index contributed by atoms with van der Waals surface area (Å²) in [6, 6.07) is 14.3. The van der Waals surface area contributed by atoms with Crippen LogP contribution in [0, 0.1) is 29.6 Å². The molecular weight excluding hydrogens is 461 g/mol. The van der Waals surface area contributed by atoms with Crippen molar-refractivity contribution in [3.8, 4) is 34.8 Å². The Morgan fingerprint density at radius 1 is 0.971 bits per heavy atom. The van der Waals surface area contributed by atoms with Gasteiger partial charge in [-0.25, -0.2) is 9.48 Å². The molecule has 0 saturated carbocycles. The largest absolute Gasteiger partial charge is 0.416 e. The summed E-state index contributed by atoms with van der Waals surface area (Å²) in [6.45, 7) is 1.41. The highest BCUT2D eigenvalue weighted by Gasteiger charge is 2.31. The predicted molar refractivity (Wildman–Crippen MR) is 119 cm³/mol. The van der Waals surface area contributed by atoms with E-state index < -0.39 is 23.0 Å². The normalized spacial score (nSPS) is 11.2. The van der Waals surface area contributed by atoms with E-state index in [1.54, 1.807) is 12.1 Å². The number of hydrogen-bond donors (Lipinski definition) is 0. The van der Waals surface area contributed by atoms with Crippen LogP contribution in [-0.4, -0.2) is 18.9 Å². The molecule has 4 aromatic rings. The van der Waals surface area contributed by atoms with Gasteiger partial charge in [0.2, 0.25) is 0 Å². The monoisotopic (exact) mass is 476 g/mol. The Balaban J connectivity index is 2.06. The van der Waals surface area contributed by atoms with E-state index in [4.69, 9.17) is 5.26 Å². The zero-order valence-electron chi connectivity index (χ0n) is 18.3. The number of halogens is 3. The van der Waals surface area contributed by atoms with Gasteiger partial charge in [0.15, 0.2) is 0 Å². The van der Waals surface area contributed by atoms with Gasteiger partial charge >= 0.3 is 11.9 Å². The highest BCUT2D eigenvalue weighted by Crippen LogP contribution is 2.31. The number of rotatable bonds is 3. The van der Waals surface area contributed by atoms with Gasteiger partial charge in [-0.1, -0.05) is 6.07 Å². The Morgan fingerprint density at radius 2 is 1.66 bits per heavy atom. The van der Waals surface area contributed by atoms with Crippen molar-refractivity contribution in [1.29, 1.82) is 10.5 Å². The lowest BCUT2D eigenvalue weighted by Crippen LogP contribution is -2.40. The molecule has 0 spiro atoms. The van der Waals surface area contributed by atoms with Crippen LogP contribution in [0.1, 0.15) is 22.4 Å². The second-order valence-corrected chi connectivity index (χ2v) is 7.58. The van der Waals surface area contributed by atoms with Crippen LogP contribution in [0.2, 0.25) is 0 Å². The van der Waals surface area contributed by atoms with Gasteiger partial charge in [-0.3, -0.25) is 13.9 Å². The van der Waals surface area contributed by atoms with Crippen LogP contribution in [0.5, 0.6) is 0 Å². The fraction of sp³-hybridized carbons (Fsp3) is 0.125. The fourth-order valence-electron chi connectivity index (χ4n) is 3.76. The van der Waals surface area contributed by atoms with Crippen LogP contribution >= 0.6 is 0 Å². The van der Waals surface area contributed by atoms with E-state index in [0.29, 0.717) is 11.3 Å². The Bertz CT molecular complexity index is 1660. The van der Waals surface area contributed by atoms with Gasteiger partial charge in [0, 0.05) is 12.7 Å². The van der Waals surface area contributed by atoms with Gasteiger partial charge in [0.25, 0.3) is 5.56 Å². The molecule has 0 amide bonds. The molecule has 0 fully saturated rings. The predicted octanol–water partition coefficient (Wildman–Crippen LogP) is 3.46. The lowest BCUT2D eigenvalue weighted by Gasteiger charge is -2.18. The molecule has 35 heavy (non-hydrogen) atoms. The molecule has 174 valence electrons. The molecule has 2 aromatic carbocycles. The maximum atomic E-state index is 13.3. The third-order valence-electron chi connectivity index (χ3n) is 5.49. The van der Waals surface area contributed by atoms with Gasteiger partial charge in [0.1, 0.15) is 6.07 Å². The van der Waals surface area contributed by atoms with Gasteiger partial charge in [-0.05, 0) is 49.4 Å². The van der Waals surface area contributed by atoms with E-state index >= 15 is 0 Å². The molecular formula is C24H15F3N6O2. The van der Waals surface area contributed by atoms with Crippen molar-refractivity contribution < 1.29 is 13.2 Å². The van der Waals surface area contributed by atoms with Crippen LogP contribution in [0.15, 0.2) is 64.3 Å². The van der Waals surface area contributed by atoms with E-state index in [9.17, 15) is 28.0 Å². The number of hydrogen-bond acceptors (Lipinski definition) is 5. The van der Waals surface area contributed by atoms with Crippen molar-refractivity contribution in [3.05, 3.63) is 98.0 Å². The molecule has 0 unspecified atom stereocenters. The summed E-state index contributed by atoms with van der Waals surface area (Å²) < 4.78 is 43.0. The standard InChI is InChI=1S/C24H15F3N6O2/c1-14-20(21-16(12-29)13-30-33(21)18-8-6-15(11-28)7-9-18)22(34)31(2)23(35)32(14)19-5-3-4-17(10-19)24(25,26)27/h3-10,13H,1-2H3. The number of alkyl halides is 3. The summed E-state index contributed by atoms with van der Waals surface area (Å²) in [5.41, 5.74) is -1.81. The first-order chi connectivity index (χ1) is 16.6. The van der Waals surface area contributed by atoms with Gasteiger partial charge in [-0.15, -0.1) is 0 Å². The van der Waals surface area contributed by atoms with Crippen LogP contribution < -0.4 is 11.2 Å². The highest BCUT2D eigenvalue weighted by atomic mass is 19.4. The van der Waals surface area contributed by atoms with Gasteiger partial charge in [-0.2, -0.15) is 28.8 Å². The molecule has 4 rings (SSSR count). The smallest absolute Gasteiger partial charge is 0.268 e. The van der Waals surface area contributed by atoms with Crippen molar-refractivity contribution in [3.63, 3.8) is 0 Å². The molecule has 8 nitrogen and oxygen atoms in total. The lowest BCUT2D eigenvalue weighted by atomic mass is 10.1. The van der Waals surface area contributed by atoms with Gasteiger partial charge < -0.3 is 0 Å². The fourth-order valence-corrected chi connectivity index (χ4v) is 3.76. The van der Waals surface area contributed by atoms with E-state index in [1.165, 1.54) is 43.0 Å². The zero-order valence-corrected chi connectivity index (χ0v) is 18.3. The molecule has 0 N–H and O–H groups in total. The van der Waals surface area contributed by atoms with E-state index in [2.05, 4.69) is 5.10 Å². The maximum Gasteiger partial charge on any atom is 0.416 e. The summed E-state index contributed by atoms with van der Waals surface area (Å²) in [4.78, 5) is 26.2. The molecule has 0 saturated heterocycles. The minimum Gasteiger partial charge on any atom is -0.268 e. The second kappa shape index (κ2) is 8.47. The van der Waals surface area contributed by atoms with Crippen molar-refractivity contribution >= 4 is 0 Å². The summed E-state index contributed by atoms with van der Waals surface area (Å²) in [5, 5.41) is 22.9. The first-order valence-corrected chi connectivity index (χ1v) is 10.1. The van der Waals surface area contributed by atoms with Crippen LogP contribution in [0.4, 0.5) is 13.2 Å². The van der Waals surface area contributed by atoms with E-state index in [-0.39, 0.29) is 28.2 Å². The van der Waals surface area contributed by atoms with E-state index in [0.717, 1.165) is 27.3 Å². The molecule has 2 heterocycles. The maximum absolute atomic E-state index is 13.3. The SMILES string of the molecule is Cc1c(-c2c(C#N)cnn2-c2ccc(C#N)cc2)c(=O)n(C)c(=O)n1-c1cccc(C(F)(F)F)c1. The molecule has 0 radical (unpaired) electrons. The third-order valence-corrected chi connectivity index (χ3v) is 5.49. The van der Waals surface area contributed by atoms with Crippen molar-refractivity contribution in [2.45, 2.75) is 13.1 Å². The quantitative estimate of drug-likeness (QED) is 0.450. The Kier molecular flexibility index (Phi) is 5.63. The Labute approximate surface area is 195 Å². The molecule has 0 aliphatic heterocycles. The molecule has 0 atom stereocenters. The van der Waals surface area contributed by atoms with Crippen molar-refractivity contribution in [1.82, 2.24) is 18.9 Å². The summed E-state index contributed by atoms with van der Waals surface area (Å²) in [5.74, 6) is 0. The molecule has 0 aliphatic carbocycles. The summed E-state index contributed by atoms with van der Waals surface area (Å²) >= 11 is 0. The van der Waals surface area contributed by atoms with Gasteiger partial charge in [0.05, 0.1) is 51.6 Å². The molecule has 11 heteroatoms. The first kappa shape index (κ1) is 23.3. The summed E-state index contributed by atoms with van der Waals surface area (Å²) in [7, 11) is 1.20. The Morgan fingerprint density at radius 3 is 2.26 bits per heavy atom. The third kappa shape index (κ3) is 3.89. The minimum absolute atomic E-state index is 0.0174. The highest BCUT2D eigenvalue weighted by molar-refractivity contribution is 5.70. The minimum atomic E-state index is -4.64. The lowest BCUT2D eigenvalue weighted by molar-refractivity contribution is -0.137. The number of nitriles is 2. The van der Waals surface area contributed by atoms with Crippen LogP contribution in [-0.2, 0) is 13.2 Å². The number of aromatic nitrogens is 4. The zero-order chi connectivity index (χ0) is 25.5. The molecule has 0 aliphatic rings. The average molecular weight is 476 g/mol. The second-order valence-electron chi connectivity index (χ2n) is 7.58. The Hall–Kier alpha value is -4.90. The first-order valence-electron chi connectivity index (χ1n) is 10.1. The van der Waals surface area contributed by atoms with Crippen molar-refractivity contribution in [2.75, 3.05) is 0 Å². The summed E-state index contributed by atoms with van der Waals surface area (Å²) in [6.07, 6.45) is -3.40. The number of benzene rings is 2. The number of nitrogens with zero attached hydrogens (tertiary/aromatic N) is 6. The topological polar surface area (TPSA) is 109 Å².